The van der Waals surface area contributed by atoms with E-state index in [1.807, 2.05) is 66.5 Å². The molecule has 2 heterocycles. The average molecular weight is 389 g/mol. The zero-order chi connectivity index (χ0) is 20.0. The maximum absolute atomic E-state index is 13.6. The number of rotatable bonds is 2. The molecular formula is C24H27N3O2. The van der Waals surface area contributed by atoms with Gasteiger partial charge >= 0.3 is 0 Å². The van der Waals surface area contributed by atoms with Crippen LogP contribution in [0.5, 0.6) is 0 Å². The molecule has 0 bridgehead atoms. The summed E-state index contributed by atoms with van der Waals surface area (Å²) in [5, 5.41) is 17.2. The van der Waals surface area contributed by atoms with Crippen LogP contribution in [0.1, 0.15) is 48.2 Å². The molecule has 5 heteroatoms. The van der Waals surface area contributed by atoms with E-state index in [0.717, 1.165) is 42.1 Å². The Morgan fingerprint density at radius 2 is 1.79 bits per heavy atom. The third kappa shape index (κ3) is 2.87. The van der Waals surface area contributed by atoms with Crippen LogP contribution in [0.4, 0.5) is 0 Å². The van der Waals surface area contributed by atoms with Crippen molar-refractivity contribution >= 4 is 16.8 Å². The number of nitrogens with zero attached hydrogens (tertiary/aromatic N) is 3. The molecule has 1 saturated carbocycles. The van der Waals surface area contributed by atoms with Crippen molar-refractivity contribution in [2.75, 3.05) is 6.54 Å². The molecule has 1 aromatic heterocycles. The van der Waals surface area contributed by atoms with Gasteiger partial charge in [-0.1, -0.05) is 61.4 Å². The Morgan fingerprint density at radius 1 is 1.07 bits per heavy atom. The van der Waals surface area contributed by atoms with Gasteiger partial charge in [0, 0.05) is 30.9 Å². The molecule has 29 heavy (non-hydrogen) atoms. The molecule has 2 aliphatic rings. The predicted octanol–water partition coefficient (Wildman–Crippen LogP) is 3.87. The second kappa shape index (κ2) is 6.99. The minimum Gasteiger partial charge on any atom is -0.385 e. The van der Waals surface area contributed by atoms with Crippen LogP contribution in [0.2, 0.25) is 0 Å². The van der Waals surface area contributed by atoms with E-state index in [1.165, 1.54) is 0 Å². The summed E-state index contributed by atoms with van der Waals surface area (Å²) < 4.78 is 1.78. The molecule has 3 atom stereocenters. The Labute approximate surface area is 170 Å². The Hall–Kier alpha value is -2.66. The molecule has 1 unspecified atom stereocenters. The third-order valence-electron chi connectivity index (χ3n) is 6.97. The number of hydrogen-bond acceptors (Lipinski definition) is 3. The van der Waals surface area contributed by atoms with Crippen LogP contribution in [-0.2, 0) is 12.6 Å². The molecule has 2 aromatic carbocycles. The summed E-state index contributed by atoms with van der Waals surface area (Å²) in [4.78, 5) is 15.6. The lowest BCUT2D eigenvalue weighted by atomic mass is 9.66. The molecule has 1 amide bonds. The Bertz CT molecular complexity index is 1040. The number of hydrogen-bond donors (Lipinski definition) is 1. The van der Waals surface area contributed by atoms with Gasteiger partial charge in [-0.3, -0.25) is 9.48 Å². The van der Waals surface area contributed by atoms with Crippen molar-refractivity contribution in [2.24, 2.45) is 13.0 Å². The number of likely N-dealkylation sites (tertiary alicyclic amines) is 1. The highest BCUT2D eigenvalue weighted by Crippen LogP contribution is 2.47. The van der Waals surface area contributed by atoms with Crippen LogP contribution in [0.3, 0.4) is 0 Å². The van der Waals surface area contributed by atoms with Crippen LogP contribution in [-0.4, -0.2) is 38.3 Å². The first-order valence-corrected chi connectivity index (χ1v) is 10.6. The Morgan fingerprint density at radius 3 is 2.62 bits per heavy atom. The van der Waals surface area contributed by atoms with Crippen molar-refractivity contribution in [1.29, 1.82) is 0 Å². The third-order valence-corrected chi connectivity index (χ3v) is 6.97. The summed E-state index contributed by atoms with van der Waals surface area (Å²) >= 11 is 0. The van der Waals surface area contributed by atoms with Crippen LogP contribution >= 0.6 is 0 Å². The molecule has 3 aromatic rings. The molecule has 1 aliphatic carbocycles. The topological polar surface area (TPSA) is 58.4 Å². The number of carbonyl (C=O) groups excluding carboxylic acids is 1. The molecule has 0 radical (unpaired) electrons. The normalized spacial score (nSPS) is 27.0. The van der Waals surface area contributed by atoms with Crippen LogP contribution in [0.15, 0.2) is 54.6 Å². The number of aryl methyl sites for hydroxylation is 1. The lowest BCUT2D eigenvalue weighted by Crippen LogP contribution is -2.59. The van der Waals surface area contributed by atoms with E-state index in [-0.39, 0.29) is 17.9 Å². The SMILES string of the molecule is Cn1nc(C(=O)N2CCC(O)(c3ccccc3)[C@@H]3CCCC[C@@H]32)c2ccccc21. The quantitative estimate of drug-likeness (QED) is 0.724. The van der Waals surface area contributed by atoms with Gasteiger partial charge in [-0.2, -0.15) is 5.10 Å². The first-order valence-electron chi connectivity index (χ1n) is 10.6. The number of carbonyl (C=O) groups is 1. The number of aliphatic hydroxyl groups is 1. The van der Waals surface area contributed by atoms with E-state index >= 15 is 0 Å². The lowest BCUT2D eigenvalue weighted by molar-refractivity contribution is -0.110. The van der Waals surface area contributed by atoms with Crippen molar-refractivity contribution in [3.05, 3.63) is 65.9 Å². The van der Waals surface area contributed by atoms with Crippen LogP contribution in [0.25, 0.3) is 10.9 Å². The fourth-order valence-corrected chi connectivity index (χ4v) is 5.53. The van der Waals surface area contributed by atoms with Gasteiger partial charge in [-0.25, -0.2) is 0 Å². The minimum absolute atomic E-state index is 0.00573. The van der Waals surface area contributed by atoms with Gasteiger partial charge < -0.3 is 10.0 Å². The molecule has 0 spiro atoms. The number of piperidine rings is 1. The highest BCUT2D eigenvalue weighted by molar-refractivity contribution is 6.05. The molecule has 1 saturated heterocycles. The number of fused-ring (bicyclic) bond motifs is 2. The summed E-state index contributed by atoms with van der Waals surface area (Å²) in [7, 11) is 1.88. The van der Waals surface area contributed by atoms with Crippen molar-refractivity contribution in [2.45, 2.75) is 43.7 Å². The molecule has 150 valence electrons. The van der Waals surface area contributed by atoms with Gasteiger partial charge in [0.2, 0.25) is 0 Å². The number of amides is 1. The van der Waals surface area contributed by atoms with E-state index in [2.05, 4.69) is 5.10 Å². The number of para-hydroxylation sites is 1. The minimum atomic E-state index is -0.866. The molecule has 5 rings (SSSR count). The summed E-state index contributed by atoms with van der Waals surface area (Å²) in [5.41, 5.74) is 1.61. The van der Waals surface area contributed by atoms with Crippen molar-refractivity contribution in [3.8, 4) is 0 Å². The second-order valence-electron chi connectivity index (χ2n) is 8.49. The smallest absolute Gasteiger partial charge is 0.275 e. The molecule has 1 N–H and O–H groups in total. The largest absolute Gasteiger partial charge is 0.385 e. The maximum Gasteiger partial charge on any atom is 0.275 e. The van der Waals surface area contributed by atoms with Crippen LogP contribution < -0.4 is 0 Å². The number of benzene rings is 2. The second-order valence-corrected chi connectivity index (χ2v) is 8.49. The highest BCUT2D eigenvalue weighted by Gasteiger charge is 2.50. The van der Waals surface area contributed by atoms with Gasteiger partial charge in [-0.15, -0.1) is 0 Å². The van der Waals surface area contributed by atoms with Gasteiger partial charge in [0.25, 0.3) is 5.91 Å². The summed E-state index contributed by atoms with van der Waals surface area (Å²) in [6.45, 7) is 0.552. The zero-order valence-electron chi connectivity index (χ0n) is 16.8. The fourth-order valence-electron chi connectivity index (χ4n) is 5.53. The standard InChI is InChI=1S/C24H27N3O2/c1-26-20-13-7-5-11-18(20)22(25-26)23(28)27-16-15-24(29,17-9-3-2-4-10-17)19-12-6-8-14-21(19)27/h2-5,7,9-11,13,19,21,29H,6,8,12,14-16H2,1H3/t19-,21+,24?/m1/s1. The van der Waals surface area contributed by atoms with Gasteiger partial charge in [-0.05, 0) is 30.9 Å². The van der Waals surface area contributed by atoms with Crippen molar-refractivity contribution in [3.63, 3.8) is 0 Å². The molecular weight excluding hydrogens is 362 g/mol. The Kier molecular flexibility index (Phi) is 4.43. The lowest BCUT2D eigenvalue weighted by Gasteiger charge is -2.52. The monoisotopic (exact) mass is 389 g/mol. The van der Waals surface area contributed by atoms with Gasteiger partial charge in [0.1, 0.15) is 0 Å². The average Bonchev–Trinajstić information content (AvgIpc) is 3.11. The van der Waals surface area contributed by atoms with Crippen LogP contribution in [0, 0.1) is 5.92 Å². The summed E-state index contributed by atoms with van der Waals surface area (Å²) in [5.74, 6) is 0.0557. The van der Waals surface area contributed by atoms with E-state index < -0.39 is 5.60 Å². The summed E-state index contributed by atoms with van der Waals surface area (Å²) in [6.07, 6.45) is 4.65. The maximum atomic E-state index is 13.6. The molecule has 5 nitrogen and oxygen atoms in total. The first kappa shape index (κ1) is 18.4. The molecule has 2 fully saturated rings. The van der Waals surface area contributed by atoms with Gasteiger partial charge in [0.05, 0.1) is 11.1 Å². The molecule has 1 aliphatic heterocycles. The van der Waals surface area contributed by atoms with Crippen molar-refractivity contribution < 1.29 is 9.90 Å². The van der Waals surface area contributed by atoms with E-state index in [4.69, 9.17) is 0 Å². The zero-order valence-corrected chi connectivity index (χ0v) is 16.8. The van der Waals surface area contributed by atoms with Crippen molar-refractivity contribution in [1.82, 2.24) is 14.7 Å². The fraction of sp³-hybridized carbons (Fsp3) is 0.417. The van der Waals surface area contributed by atoms with E-state index in [9.17, 15) is 9.90 Å². The summed E-state index contributed by atoms with van der Waals surface area (Å²) in [6, 6.07) is 17.9. The van der Waals surface area contributed by atoms with Gasteiger partial charge in [0.15, 0.2) is 5.69 Å². The highest BCUT2D eigenvalue weighted by atomic mass is 16.3. The van der Waals surface area contributed by atoms with E-state index in [1.54, 1.807) is 4.68 Å². The number of aromatic nitrogens is 2. The first-order chi connectivity index (χ1) is 14.1. The Balaban J connectivity index is 1.51. The predicted molar refractivity (Wildman–Crippen MR) is 112 cm³/mol. The van der Waals surface area contributed by atoms with E-state index in [0.29, 0.717) is 18.7 Å².